The quantitative estimate of drug-likeness (QED) is 0.877. The number of nitrogen functional groups attached to an aromatic ring is 1. The number of H-pyrrole nitrogens is 1. The number of nitrogens with zero attached hydrogens (tertiary/aromatic N) is 1. The predicted molar refractivity (Wildman–Crippen MR) is 78.6 cm³/mol. The molecule has 1 aromatic heterocycles. The molecule has 1 heterocycles. The molecule has 0 aliphatic heterocycles. The first-order valence-corrected chi connectivity index (χ1v) is 6.50. The van der Waals surface area contributed by atoms with Crippen molar-refractivity contribution in [1.82, 2.24) is 4.98 Å². The third-order valence-corrected chi connectivity index (χ3v) is 3.28. The van der Waals surface area contributed by atoms with Crippen LogP contribution in [0.5, 0.6) is 0 Å². The number of anilines is 1. The van der Waals surface area contributed by atoms with Crippen molar-refractivity contribution < 1.29 is 0 Å². The Hall–Kier alpha value is -2.21. The van der Waals surface area contributed by atoms with E-state index in [2.05, 4.69) is 49.2 Å². The van der Waals surface area contributed by atoms with Gasteiger partial charge in [-0.2, -0.15) is 5.26 Å². The van der Waals surface area contributed by atoms with Gasteiger partial charge in [0.05, 0.1) is 11.3 Å². The summed E-state index contributed by atoms with van der Waals surface area (Å²) in [7, 11) is 0. The van der Waals surface area contributed by atoms with E-state index in [4.69, 9.17) is 11.0 Å². The van der Waals surface area contributed by atoms with E-state index < -0.39 is 0 Å². The highest BCUT2D eigenvalue weighted by Gasteiger charge is 2.13. The average molecular weight is 253 g/mol. The molecule has 0 saturated carbocycles. The average Bonchev–Trinajstić information content (AvgIpc) is 2.64. The maximum absolute atomic E-state index is 9.05. The highest BCUT2D eigenvalue weighted by Crippen LogP contribution is 2.28. The molecule has 3 nitrogen and oxygen atoms in total. The molecule has 3 heteroatoms. The number of nitrogens with one attached hydrogen (secondary N) is 1. The van der Waals surface area contributed by atoms with Crippen LogP contribution in [0.2, 0.25) is 0 Å². The van der Waals surface area contributed by atoms with Gasteiger partial charge in [-0.1, -0.05) is 38.1 Å². The molecule has 0 aliphatic rings. The summed E-state index contributed by atoms with van der Waals surface area (Å²) in [6, 6.07) is 10.6. The van der Waals surface area contributed by atoms with Crippen molar-refractivity contribution in [2.24, 2.45) is 5.92 Å². The number of rotatable bonds is 3. The summed E-state index contributed by atoms with van der Waals surface area (Å²) in [6.45, 7) is 6.34. The minimum atomic E-state index is 0.446. The lowest BCUT2D eigenvalue weighted by Crippen LogP contribution is -1.93. The lowest BCUT2D eigenvalue weighted by molar-refractivity contribution is 0.647. The fourth-order valence-corrected chi connectivity index (χ4v) is 2.33. The Balaban J connectivity index is 2.36. The van der Waals surface area contributed by atoms with E-state index in [9.17, 15) is 0 Å². The zero-order valence-corrected chi connectivity index (χ0v) is 11.6. The highest BCUT2D eigenvalue weighted by atomic mass is 14.9. The molecule has 1 aromatic carbocycles. The topological polar surface area (TPSA) is 65.6 Å². The third-order valence-electron chi connectivity index (χ3n) is 3.28. The summed E-state index contributed by atoms with van der Waals surface area (Å²) in [6.07, 6.45) is 1.08. The molecule has 0 aliphatic carbocycles. The largest absolute Gasteiger partial charge is 0.384 e. The van der Waals surface area contributed by atoms with Gasteiger partial charge < -0.3 is 10.7 Å². The van der Waals surface area contributed by atoms with Crippen LogP contribution in [0.3, 0.4) is 0 Å². The third kappa shape index (κ3) is 2.63. The van der Waals surface area contributed by atoms with Gasteiger partial charge in [-0.05, 0) is 36.0 Å². The second kappa shape index (κ2) is 5.19. The lowest BCUT2D eigenvalue weighted by atomic mass is 10.00. The molecule has 0 radical (unpaired) electrons. The van der Waals surface area contributed by atoms with Gasteiger partial charge >= 0.3 is 0 Å². The molecule has 0 bridgehead atoms. The van der Waals surface area contributed by atoms with Crippen LogP contribution in [0.25, 0.3) is 11.3 Å². The molecule has 0 fully saturated rings. The van der Waals surface area contributed by atoms with Gasteiger partial charge in [-0.25, -0.2) is 0 Å². The van der Waals surface area contributed by atoms with Crippen LogP contribution >= 0.6 is 0 Å². The SMILES string of the molecule is Cc1c(-c2ccc(CC(C)C)cc2)[nH]c(N)c1C#N. The van der Waals surface area contributed by atoms with Crippen LogP contribution in [-0.2, 0) is 6.42 Å². The molecule has 19 heavy (non-hydrogen) atoms. The molecular formula is C16H19N3. The molecule has 0 saturated heterocycles. The first-order chi connectivity index (χ1) is 9.02. The van der Waals surface area contributed by atoms with E-state index in [1.165, 1.54) is 5.56 Å². The first-order valence-electron chi connectivity index (χ1n) is 6.50. The summed E-state index contributed by atoms with van der Waals surface area (Å²) in [5, 5.41) is 9.05. The standard InChI is InChI=1S/C16H19N3/c1-10(2)8-12-4-6-13(7-5-12)15-11(3)14(9-17)16(18)19-15/h4-7,10,19H,8,18H2,1-3H3. The number of benzene rings is 1. The fraction of sp³-hybridized carbons (Fsp3) is 0.312. The highest BCUT2D eigenvalue weighted by molar-refractivity contribution is 5.72. The second-order valence-corrected chi connectivity index (χ2v) is 5.32. The normalized spacial score (nSPS) is 10.7. The molecular weight excluding hydrogens is 234 g/mol. The van der Waals surface area contributed by atoms with E-state index in [-0.39, 0.29) is 0 Å². The Morgan fingerprint density at radius 3 is 2.37 bits per heavy atom. The van der Waals surface area contributed by atoms with E-state index in [1.807, 2.05) is 6.92 Å². The lowest BCUT2D eigenvalue weighted by Gasteiger charge is -2.06. The van der Waals surface area contributed by atoms with Gasteiger partial charge in [0, 0.05) is 0 Å². The van der Waals surface area contributed by atoms with Gasteiger partial charge in [0.25, 0.3) is 0 Å². The van der Waals surface area contributed by atoms with Crippen LogP contribution in [-0.4, -0.2) is 4.98 Å². The maximum Gasteiger partial charge on any atom is 0.119 e. The number of hydrogen-bond acceptors (Lipinski definition) is 2. The second-order valence-electron chi connectivity index (χ2n) is 5.32. The number of aromatic nitrogens is 1. The number of aromatic amines is 1. The molecule has 3 N–H and O–H groups in total. The van der Waals surface area contributed by atoms with Crippen molar-refractivity contribution in [3.8, 4) is 17.3 Å². The minimum Gasteiger partial charge on any atom is -0.384 e. The van der Waals surface area contributed by atoms with Crippen molar-refractivity contribution >= 4 is 5.82 Å². The Kier molecular flexibility index (Phi) is 3.62. The van der Waals surface area contributed by atoms with Crippen molar-refractivity contribution in [3.63, 3.8) is 0 Å². The summed E-state index contributed by atoms with van der Waals surface area (Å²) >= 11 is 0. The number of nitrogens with two attached hydrogens (primary N) is 1. The maximum atomic E-state index is 9.05. The van der Waals surface area contributed by atoms with Crippen LogP contribution in [0.15, 0.2) is 24.3 Å². The smallest absolute Gasteiger partial charge is 0.119 e. The molecule has 2 aromatic rings. The summed E-state index contributed by atoms with van der Waals surface area (Å²) in [5.41, 5.74) is 10.6. The summed E-state index contributed by atoms with van der Waals surface area (Å²) < 4.78 is 0. The van der Waals surface area contributed by atoms with Crippen LogP contribution in [0.4, 0.5) is 5.82 Å². The van der Waals surface area contributed by atoms with Crippen LogP contribution in [0.1, 0.15) is 30.5 Å². The van der Waals surface area contributed by atoms with E-state index >= 15 is 0 Å². The molecule has 98 valence electrons. The van der Waals surface area contributed by atoms with Crippen molar-refractivity contribution in [3.05, 3.63) is 41.0 Å². The summed E-state index contributed by atoms with van der Waals surface area (Å²) in [5.74, 6) is 1.10. The van der Waals surface area contributed by atoms with E-state index in [0.717, 1.165) is 23.2 Å². The van der Waals surface area contributed by atoms with Gasteiger partial charge in [0.15, 0.2) is 0 Å². The molecule has 0 atom stereocenters. The number of hydrogen-bond donors (Lipinski definition) is 2. The van der Waals surface area contributed by atoms with Crippen molar-refractivity contribution in [2.75, 3.05) is 5.73 Å². The van der Waals surface area contributed by atoms with Crippen molar-refractivity contribution in [1.29, 1.82) is 5.26 Å². The van der Waals surface area contributed by atoms with Crippen LogP contribution < -0.4 is 5.73 Å². The first kappa shape index (κ1) is 13.2. The Bertz CT molecular complexity index is 613. The zero-order chi connectivity index (χ0) is 14.0. The molecule has 0 amide bonds. The Morgan fingerprint density at radius 1 is 1.26 bits per heavy atom. The van der Waals surface area contributed by atoms with Crippen molar-refractivity contribution in [2.45, 2.75) is 27.2 Å². The monoisotopic (exact) mass is 253 g/mol. The number of nitriles is 1. The van der Waals surface area contributed by atoms with E-state index in [1.54, 1.807) is 0 Å². The molecule has 0 unspecified atom stereocenters. The van der Waals surface area contributed by atoms with Crippen LogP contribution in [0, 0.1) is 24.2 Å². The Labute approximate surface area is 114 Å². The van der Waals surface area contributed by atoms with E-state index in [0.29, 0.717) is 17.3 Å². The van der Waals surface area contributed by atoms with Gasteiger partial charge in [-0.3, -0.25) is 0 Å². The molecule has 2 rings (SSSR count). The van der Waals surface area contributed by atoms with Gasteiger partial charge in [0.2, 0.25) is 0 Å². The molecule has 0 spiro atoms. The fourth-order valence-electron chi connectivity index (χ4n) is 2.33. The summed E-state index contributed by atoms with van der Waals surface area (Å²) in [4.78, 5) is 3.10. The zero-order valence-electron chi connectivity index (χ0n) is 11.6. The minimum absolute atomic E-state index is 0.446. The Morgan fingerprint density at radius 2 is 1.89 bits per heavy atom. The van der Waals surface area contributed by atoms with Gasteiger partial charge in [-0.15, -0.1) is 0 Å². The van der Waals surface area contributed by atoms with Gasteiger partial charge in [0.1, 0.15) is 11.9 Å². The predicted octanol–water partition coefficient (Wildman–Crippen LogP) is 3.64.